The lowest BCUT2D eigenvalue weighted by molar-refractivity contribution is -0.137. The maximum Gasteiger partial charge on any atom is 0.417 e. The molecule has 0 saturated heterocycles. The van der Waals surface area contributed by atoms with Crippen LogP contribution >= 0.6 is 0 Å². The van der Waals surface area contributed by atoms with Gasteiger partial charge in [0.15, 0.2) is 0 Å². The van der Waals surface area contributed by atoms with Crippen LogP contribution < -0.4 is 10.6 Å². The number of anilines is 2. The van der Waals surface area contributed by atoms with Crippen molar-refractivity contribution in [2.45, 2.75) is 39.3 Å². The van der Waals surface area contributed by atoms with E-state index in [0.717, 1.165) is 28.8 Å². The van der Waals surface area contributed by atoms with Gasteiger partial charge in [-0.15, -0.1) is 0 Å². The smallest absolute Gasteiger partial charge is 0.383 e. The van der Waals surface area contributed by atoms with Gasteiger partial charge in [0.05, 0.1) is 47.4 Å². The normalized spacial score (nSPS) is 15.2. The summed E-state index contributed by atoms with van der Waals surface area (Å²) in [6.07, 6.45) is -0.569. The van der Waals surface area contributed by atoms with Gasteiger partial charge in [-0.1, -0.05) is 0 Å². The minimum Gasteiger partial charge on any atom is -0.383 e. The van der Waals surface area contributed by atoms with Crippen LogP contribution in [0.25, 0.3) is 16.6 Å². The zero-order valence-corrected chi connectivity index (χ0v) is 21.0. The molecule has 0 aliphatic carbocycles. The number of alkyl halides is 3. The number of nitrogen functional groups attached to an aromatic ring is 1. The number of benzene rings is 1. The van der Waals surface area contributed by atoms with Crippen molar-refractivity contribution in [2.75, 3.05) is 10.6 Å². The zero-order chi connectivity index (χ0) is 27.5. The number of fused-ring (bicyclic) bond motifs is 4. The minimum atomic E-state index is -4.48. The van der Waals surface area contributed by atoms with Gasteiger partial charge in [0.1, 0.15) is 11.5 Å². The molecule has 1 atom stereocenters. The van der Waals surface area contributed by atoms with Gasteiger partial charge in [0.25, 0.3) is 5.91 Å². The molecule has 1 aliphatic rings. The maximum atomic E-state index is 14.0. The van der Waals surface area contributed by atoms with Gasteiger partial charge in [-0.25, -0.2) is 9.97 Å². The summed E-state index contributed by atoms with van der Waals surface area (Å²) >= 11 is 0. The maximum absolute atomic E-state index is 14.0. The van der Waals surface area contributed by atoms with E-state index in [2.05, 4.69) is 15.0 Å². The molecule has 1 aromatic carbocycles. The molecule has 8 nitrogen and oxygen atoms in total. The van der Waals surface area contributed by atoms with E-state index >= 15 is 0 Å². The van der Waals surface area contributed by atoms with Crippen LogP contribution in [0.15, 0.2) is 61.1 Å². The van der Waals surface area contributed by atoms with Crippen molar-refractivity contribution in [3.63, 3.8) is 0 Å². The standard InChI is InChI=1S/C28H23F3N6O2/c1-15-23(4-3-9-33-15)37(13-19-12-36-11-18(28(29,30)31)6-8-24(36)34-19)27(38)17-5-7-22-20(10-17)21-14-39-16(2)25(21)26(32)35-22/h3-12,16H,13-14H2,1-2H3,(H2,32,35). The first-order chi connectivity index (χ1) is 18.6. The number of ether oxygens (including phenoxy) is 1. The number of aromatic nitrogens is 4. The Balaban J connectivity index is 1.42. The zero-order valence-electron chi connectivity index (χ0n) is 21.0. The number of pyridine rings is 3. The summed E-state index contributed by atoms with van der Waals surface area (Å²) in [5.74, 6) is 0.0910. The average molecular weight is 533 g/mol. The summed E-state index contributed by atoms with van der Waals surface area (Å²) in [6.45, 7) is 4.08. The number of carbonyl (C=O) groups is 1. The number of imidazole rings is 1. The Hall–Kier alpha value is -4.51. The molecule has 0 spiro atoms. The summed E-state index contributed by atoms with van der Waals surface area (Å²) in [5, 5.41) is 0.782. The predicted octanol–water partition coefficient (Wildman–Crippen LogP) is 5.63. The van der Waals surface area contributed by atoms with E-state index in [4.69, 9.17) is 10.5 Å². The SMILES string of the molecule is Cc1ncccc1N(Cc1cn2cc(C(F)(F)F)ccc2n1)C(=O)c1ccc2nc(N)c3c(c2c1)COC3C. The minimum absolute atomic E-state index is 0.0185. The predicted molar refractivity (Wildman–Crippen MR) is 139 cm³/mol. The fourth-order valence-corrected chi connectivity index (χ4v) is 5.03. The molecule has 1 aliphatic heterocycles. The number of hydrogen-bond acceptors (Lipinski definition) is 6. The Morgan fingerprint density at radius 2 is 2.00 bits per heavy atom. The number of nitrogens with two attached hydrogens (primary N) is 1. The summed E-state index contributed by atoms with van der Waals surface area (Å²) in [4.78, 5) is 28.8. The van der Waals surface area contributed by atoms with E-state index in [0.29, 0.717) is 46.2 Å². The third kappa shape index (κ3) is 4.34. The molecule has 5 aromatic rings. The number of amides is 1. The second-order valence-electron chi connectivity index (χ2n) is 9.49. The highest BCUT2D eigenvalue weighted by Gasteiger charge is 2.31. The number of hydrogen-bond donors (Lipinski definition) is 1. The summed E-state index contributed by atoms with van der Waals surface area (Å²) < 4.78 is 46.7. The number of rotatable bonds is 4. The summed E-state index contributed by atoms with van der Waals surface area (Å²) in [6, 6.07) is 11.0. The van der Waals surface area contributed by atoms with E-state index in [1.54, 1.807) is 43.5 Å². The van der Waals surface area contributed by atoms with Crippen molar-refractivity contribution in [1.29, 1.82) is 0 Å². The van der Waals surface area contributed by atoms with E-state index in [9.17, 15) is 18.0 Å². The lowest BCUT2D eigenvalue weighted by Crippen LogP contribution is -2.31. The molecule has 198 valence electrons. The molecule has 6 rings (SSSR count). The molecule has 0 fully saturated rings. The van der Waals surface area contributed by atoms with Gasteiger partial charge in [-0.05, 0) is 61.9 Å². The lowest BCUT2D eigenvalue weighted by Gasteiger charge is -2.23. The molecular weight excluding hydrogens is 509 g/mol. The second-order valence-corrected chi connectivity index (χ2v) is 9.49. The molecule has 4 aromatic heterocycles. The Morgan fingerprint density at radius 3 is 2.77 bits per heavy atom. The van der Waals surface area contributed by atoms with Crippen LogP contribution in [0.2, 0.25) is 0 Å². The molecule has 5 heterocycles. The highest BCUT2D eigenvalue weighted by molar-refractivity contribution is 6.08. The van der Waals surface area contributed by atoms with Crippen molar-refractivity contribution in [3.8, 4) is 0 Å². The molecule has 39 heavy (non-hydrogen) atoms. The molecule has 2 N–H and O–H groups in total. The van der Waals surface area contributed by atoms with E-state index in [-0.39, 0.29) is 18.6 Å². The van der Waals surface area contributed by atoms with Gasteiger partial charge < -0.3 is 19.8 Å². The summed E-state index contributed by atoms with van der Waals surface area (Å²) in [5.41, 5.74) is 10.1. The lowest BCUT2D eigenvalue weighted by atomic mass is 10.00. The van der Waals surface area contributed by atoms with Crippen LogP contribution in [0.4, 0.5) is 24.7 Å². The molecule has 1 unspecified atom stereocenters. The topological polar surface area (TPSA) is 98.6 Å². The van der Waals surface area contributed by atoms with Crippen LogP contribution in [-0.2, 0) is 24.1 Å². The Bertz CT molecular complexity index is 1760. The van der Waals surface area contributed by atoms with Crippen LogP contribution in [0.1, 0.15) is 51.5 Å². The number of halogens is 3. The first kappa shape index (κ1) is 24.8. The monoisotopic (exact) mass is 532 g/mol. The van der Waals surface area contributed by atoms with Gasteiger partial charge in [0, 0.05) is 35.1 Å². The van der Waals surface area contributed by atoms with Crippen LogP contribution in [-0.4, -0.2) is 25.3 Å². The molecule has 0 bridgehead atoms. The fourth-order valence-electron chi connectivity index (χ4n) is 5.03. The summed E-state index contributed by atoms with van der Waals surface area (Å²) in [7, 11) is 0. The number of carbonyl (C=O) groups excluding carboxylic acids is 1. The molecular formula is C28H23F3N6O2. The quantitative estimate of drug-likeness (QED) is 0.322. The molecule has 0 saturated carbocycles. The van der Waals surface area contributed by atoms with Crippen molar-refractivity contribution in [3.05, 3.63) is 94.7 Å². The second kappa shape index (κ2) is 9.05. The Labute approximate surface area is 220 Å². The van der Waals surface area contributed by atoms with Crippen LogP contribution in [0, 0.1) is 6.92 Å². The Kier molecular flexibility index (Phi) is 5.76. The highest BCUT2D eigenvalue weighted by Crippen LogP contribution is 2.38. The van der Waals surface area contributed by atoms with Crippen molar-refractivity contribution < 1.29 is 22.7 Å². The van der Waals surface area contributed by atoms with Crippen LogP contribution in [0.3, 0.4) is 0 Å². The largest absolute Gasteiger partial charge is 0.417 e. The van der Waals surface area contributed by atoms with Gasteiger partial charge in [0.2, 0.25) is 0 Å². The van der Waals surface area contributed by atoms with E-state index < -0.39 is 11.7 Å². The fraction of sp³-hybridized carbons (Fsp3) is 0.214. The first-order valence-corrected chi connectivity index (χ1v) is 12.2. The highest BCUT2D eigenvalue weighted by atomic mass is 19.4. The van der Waals surface area contributed by atoms with Crippen molar-refractivity contribution >= 4 is 34.0 Å². The Morgan fingerprint density at radius 1 is 1.18 bits per heavy atom. The average Bonchev–Trinajstić information content (AvgIpc) is 3.50. The van der Waals surface area contributed by atoms with E-state index in [1.165, 1.54) is 21.6 Å². The van der Waals surface area contributed by atoms with Crippen LogP contribution in [0.5, 0.6) is 0 Å². The number of aryl methyl sites for hydroxylation is 1. The van der Waals surface area contributed by atoms with Gasteiger partial charge in [-0.3, -0.25) is 9.78 Å². The third-order valence-electron chi connectivity index (χ3n) is 6.96. The van der Waals surface area contributed by atoms with Crippen molar-refractivity contribution in [2.24, 2.45) is 0 Å². The first-order valence-electron chi connectivity index (χ1n) is 12.2. The van der Waals surface area contributed by atoms with E-state index in [1.807, 2.05) is 6.92 Å². The van der Waals surface area contributed by atoms with Crippen molar-refractivity contribution in [1.82, 2.24) is 19.4 Å². The van der Waals surface area contributed by atoms with Gasteiger partial charge >= 0.3 is 6.18 Å². The molecule has 11 heteroatoms. The molecule has 1 amide bonds. The number of nitrogens with zero attached hydrogens (tertiary/aromatic N) is 5. The molecule has 0 radical (unpaired) electrons. The van der Waals surface area contributed by atoms with Gasteiger partial charge in [-0.2, -0.15) is 13.2 Å². The third-order valence-corrected chi connectivity index (χ3v) is 6.96.